The Morgan fingerprint density at radius 2 is 2.18 bits per heavy atom. The molecule has 0 saturated carbocycles. The van der Waals surface area contributed by atoms with E-state index in [-0.39, 0.29) is 6.10 Å². The summed E-state index contributed by atoms with van der Waals surface area (Å²) in [4.78, 5) is 2.34. The molecule has 0 N–H and O–H groups in total. The Labute approximate surface area is 105 Å². The molecule has 1 aromatic rings. The van der Waals surface area contributed by atoms with Crippen LogP contribution in [0.25, 0.3) is 0 Å². The van der Waals surface area contributed by atoms with Gasteiger partial charge in [-0.2, -0.15) is 0 Å². The lowest BCUT2D eigenvalue weighted by Gasteiger charge is -2.32. The Morgan fingerprint density at radius 3 is 2.88 bits per heavy atom. The summed E-state index contributed by atoms with van der Waals surface area (Å²) >= 11 is 0. The average molecular weight is 253 g/mol. The van der Waals surface area contributed by atoms with Crippen molar-refractivity contribution in [3.05, 3.63) is 35.9 Å². The van der Waals surface area contributed by atoms with Gasteiger partial charge in [0.25, 0.3) is 0 Å². The molecular formula is C13H19NO2S. The summed E-state index contributed by atoms with van der Waals surface area (Å²) in [5.74, 6) is 0.751. The molecule has 0 spiro atoms. The summed E-state index contributed by atoms with van der Waals surface area (Å²) in [6, 6.07) is 10.3. The van der Waals surface area contributed by atoms with Crippen LogP contribution < -0.4 is 0 Å². The van der Waals surface area contributed by atoms with E-state index in [1.165, 1.54) is 5.56 Å². The molecule has 0 aromatic heterocycles. The molecule has 1 heterocycles. The Bertz CT molecular complexity index is 369. The highest BCUT2D eigenvalue weighted by molar-refractivity contribution is 7.84. The zero-order chi connectivity index (χ0) is 12.1. The van der Waals surface area contributed by atoms with Gasteiger partial charge in [-0.25, -0.2) is 0 Å². The van der Waals surface area contributed by atoms with Gasteiger partial charge in [0.15, 0.2) is 0 Å². The quantitative estimate of drug-likeness (QED) is 0.813. The minimum atomic E-state index is -0.705. The molecular weight excluding hydrogens is 234 g/mol. The summed E-state index contributed by atoms with van der Waals surface area (Å²) in [5, 5.41) is 0. The van der Waals surface area contributed by atoms with Crippen LogP contribution >= 0.6 is 0 Å². The predicted octanol–water partition coefficient (Wildman–Crippen LogP) is 1.44. The van der Waals surface area contributed by atoms with Gasteiger partial charge in [-0.3, -0.25) is 9.11 Å². The highest BCUT2D eigenvalue weighted by Gasteiger charge is 2.21. The van der Waals surface area contributed by atoms with Crippen LogP contribution in [0.3, 0.4) is 0 Å². The van der Waals surface area contributed by atoms with E-state index in [0.717, 1.165) is 32.0 Å². The molecule has 2 atom stereocenters. The van der Waals surface area contributed by atoms with Gasteiger partial charge in [-0.05, 0) is 5.56 Å². The van der Waals surface area contributed by atoms with Crippen molar-refractivity contribution in [2.75, 3.05) is 38.2 Å². The van der Waals surface area contributed by atoms with Crippen LogP contribution in [0.4, 0.5) is 0 Å². The van der Waals surface area contributed by atoms with E-state index in [2.05, 4.69) is 17.0 Å². The number of hydrogen-bond donors (Lipinski definition) is 0. The smallest absolute Gasteiger partial charge is 0.0952 e. The molecule has 0 bridgehead atoms. The first-order valence-corrected chi connectivity index (χ1v) is 7.67. The Balaban J connectivity index is 1.91. The van der Waals surface area contributed by atoms with Gasteiger partial charge in [-0.1, -0.05) is 30.3 Å². The number of benzene rings is 1. The van der Waals surface area contributed by atoms with Crippen molar-refractivity contribution < 1.29 is 8.95 Å². The van der Waals surface area contributed by atoms with Crippen LogP contribution in [0.15, 0.2) is 30.3 Å². The highest BCUT2D eigenvalue weighted by Crippen LogP contribution is 2.21. The van der Waals surface area contributed by atoms with E-state index in [0.29, 0.717) is 0 Å². The van der Waals surface area contributed by atoms with Crippen LogP contribution in [0.5, 0.6) is 0 Å². The van der Waals surface area contributed by atoms with Crippen molar-refractivity contribution in [3.63, 3.8) is 0 Å². The van der Waals surface area contributed by atoms with Crippen molar-refractivity contribution in [2.24, 2.45) is 0 Å². The zero-order valence-electron chi connectivity index (χ0n) is 10.2. The molecule has 4 heteroatoms. The molecule has 1 fully saturated rings. The first-order valence-electron chi connectivity index (χ1n) is 5.94. The van der Waals surface area contributed by atoms with E-state index >= 15 is 0 Å². The third-order valence-electron chi connectivity index (χ3n) is 3.02. The SMILES string of the molecule is C[S@@](=O)CCN1CCO[C@@H](c2ccccc2)C1. The lowest BCUT2D eigenvalue weighted by atomic mass is 10.1. The van der Waals surface area contributed by atoms with Gasteiger partial charge in [0.2, 0.25) is 0 Å². The van der Waals surface area contributed by atoms with Crippen LogP contribution in [-0.2, 0) is 15.5 Å². The molecule has 0 aliphatic carbocycles. The molecule has 0 amide bonds. The van der Waals surface area contributed by atoms with Crippen LogP contribution in [0.1, 0.15) is 11.7 Å². The van der Waals surface area contributed by atoms with Crippen molar-refractivity contribution in [2.45, 2.75) is 6.10 Å². The lowest BCUT2D eigenvalue weighted by Crippen LogP contribution is -2.40. The van der Waals surface area contributed by atoms with Gasteiger partial charge in [-0.15, -0.1) is 0 Å². The van der Waals surface area contributed by atoms with Crippen molar-refractivity contribution in [3.8, 4) is 0 Å². The molecule has 1 saturated heterocycles. The van der Waals surface area contributed by atoms with Gasteiger partial charge in [0, 0.05) is 42.4 Å². The maximum Gasteiger partial charge on any atom is 0.0952 e. The maximum absolute atomic E-state index is 11.1. The Kier molecular flexibility index (Phi) is 4.71. The van der Waals surface area contributed by atoms with E-state index in [9.17, 15) is 4.21 Å². The molecule has 1 aliphatic rings. The summed E-state index contributed by atoms with van der Waals surface area (Å²) in [6.07, 6.45) is 1.92. The zero-order valence-corrected chi connectivity index (χ0v) is 11.0. The van der Waals surface area contributed by atoms with Gasteiger partial charge in [0.05, 0.1) is 12.7 Å². The minimum absolute atomic E-state index is 0.162. The molecule has 1 aromatic carbocycles. The van der Waals surface area contributed by atoms with Crippen molar-refractivity contribution >= 4 is 10.8 Å². The maximum atomic E-state index is 11.1. The second kappa shape index (κ2) is 6.28. The molecule has 1 aliphatic heterocycles. The minimum Gasteiger partial charge on any atom is -0.371 e. The van der Waals surface area contributed by atoms with E-state index in [1.54, 1.807) is 6.26 Å². The van der Waals surface area contributed by atoms with E-state index in [1.807, 2.05) is 18.2 Å². The van der Waals surface area contributed by atoms with Gasteiger partial charge < -0.3 is 4.74 Å². The number of ether oxygens (including phenoxy) is 1. The summed E-state index contributed by atoms with van der Waals surface area (Å²) in [7, 11) is -0.705. The topological polar surface area (TPSA) is 29.5 Å². The van der Waals surface area contributed by atoms with Gasteiger partial charge >= 0.3 is 0 Å². The fraction of sp³-hybridized carbons (Fsp3) is 0.538. The van der Waals surface area contributed by atoms with Crippen LogP contribution in [0, 0.1) is 0 Å². The van der Waals surface area contributed by atoms with Crippen molar-refractivity contribution in [1.82, 2.24) is 4.90 Å². The normalized spacial score (nSPS) is 23.5. The number of nitrogens with zero attached hydrogens (tertiary/aromatic N) is 1. The van der Waals surface area contributed by atoms with E-state index < -0.39 is 10.8 Å². The van der Waals surface area contributed by atoms with Crippen LogP contribution in [-0.4, -0.2) is 47.4 Å². The third-order valence-corrected chi connectivity index (χ3v) is 3.77. The Morgan fingerprint density at radius 1 is 1.41 bits per heavy atom. The molecule has 2 rings (SSSR count). The molecule has 94 valence electrons. The third kappa shape index (κ3) is 3.91. The second-order valence-corrected chi connectivity index (χ2v) is 5.90. The molecule has 3 nitrogen and oxygen atoms in total. The molecule has 17 heavy (non-hydrogen) atoms. The number of morpholine rings is 1. The fourth-order valence-corrected chi connectivity index (χ4v) is 2.55. The first kappa shape index (κ1) is 12.7. The first-order chi connectivity index (χ1) is 8.25. The average Bonchev–Trinajstić information content (AvgIpc) is 2.38. The van der Waals surface area contributed by atoms with Gasteiger partial charge in [0.1, 0.15) is 0 Å². The summed E-state index contributed by atoms with van der Waals surface area (Å²) < 4.78 is 16.9. The Hall–Kier alpha value is -0.710. The fourth-order valence-electron chi connectivity index (χ4n) is 2.03. The monoisotopic (exact) mass is 253 g/mol. The van der Waals surface area contributed by atoms with E-state index in [4.69, 9.17) is 4.74 Å². The highest BCUT2D eigenvalue weighted by atomic mass is 32.2. The molecule has 0 radical (unpaired) electrons. The van der Waals surface area contributed by atoms with Crippen LogP contribution in [0.2, 0.25) is 0 Å². The standard InChI is InChI=1S/C13H19NO2S/c1-17(15)10-8-14-7-9-16-13(11-14)12-5-3-2-4-6-12/h2-6,13H,7-11H2,1H3/t13-,17-/m1/s1. The van der Waals surface area contributed by atoms with Crippen molar-refractivity contribution in [1.29, 1.82) is 0 Å². The number of rotatable bonds is 4. The largest absolute Gasteiger partial charge is 0.371 e. The molecule has 0 unspecified atom stereocenters. The predicted molar refractivity (Wildman–Crippen MR) is 70.5 cm³/mol. The number of hydrogen-bond acceptors (Lipinski definition) is 3. The lowest BCUT2D eigenvalue weighted by molar-refractivity contribution is -0.0278. The summed E-state index contributed by atoms with van der Waals surface area (Å²) in [5.41, 5.74) is 1.23. The summed E-state index contributed by atoms with van der Waals surface area (Å²) in [6.45, 7) is 3.51. The second-order valence-electron chi connectivity index (χ2n) is 4.35.